The molecule has 2 nitrogen and oxygen atoms in total. The van der Waals surface area contributed by atoms with Crippen molar-refractivity contribution in [1.29, 1.82) is 0 Å². The first kappa shape index (κ1) is 14.4. The summed E-state index contributed by atoms with van der Waals surface area (Å²) in [5.74, 6) is 0.530. The maximum absolute atomic E-state index is 13.6. The summed E-state index contributed by atoms with van der Waals surface area (Å²) in [5, 5.41) is 0.144. The van der Waals surface area contributed by atoms with Crippen LogP contribution in [0.15, 0.2) is 42.5 Å². The van der Waals surface area contributed by atoms with Crippen LogP contribution in [0.1, 0.15) is 11.1 Å². The van der Waals surface area contributed by atoms with Crippen molar-refractivity contribution in [2.45, 2.75) is 12.8 Å². The second kappa shape index (κ2) is 5.66. The summed E-state index contributed by atoms with van der Waals surface area (Å²) in [4.78, 5) is 0. The molecule has 0 radical (unpaired) electrons. The summed E-state index contributed by atoms with van der Waals surface area (Å²) < 4.78 is 19.5. The molecule has 110 valence electrons. The third kappa shape index (κ3) is 2.89. The lowest BCUT2D eigenvalue weighted by Crippen LogP contribution is -2.43. The van der Waals surface area contributed by atoms with Crippen molar-refractivity contribution >= 4 is 11.6 Å². The molecule has 1 aliphatic rings. The number of nitrogens with two attached hydrogens (primary N) is 1. The number of halogens is 2. The predicted molar refractivity (Wildman–Crippen MR) is 82.2 cm³/mol. The van der Waals surface area contributed by atoms with Crippen LogP contribution in [0.25, 0.3) is 0 Å². The first-order chi connectivity index (χ1) is 10.1. The Balaban J connectivity index is 1.86. The van der Waals surface area contributed by atoms with Crippen molar-refractivity contribution in [3.8, 4) is 5.75 Å². The van der Waals surface area contributed by atoms with E-state index in [0.717, 1.165) is 23.3 Å². The first-order valence-electron chi connectivity index (χ1n) is 6.97. The van der Waals surface area contributed by atoms with Crippen LogP contribution in [-0.2, 0) is 12.8 Å². The van der Waals surface area contributed by atoms with Gasteiger partial charge in [0, 0.05) is 12.0 Å². The summed E-state index contributed by atoms with van der Waals surface area (Å²) in [6.45, 7) is 1.04. The van der Waals surface area contributed by atoms with Crippen molar-refractivity contribution in [3.63, 3.8) is 0 Å². The van der Waals surface area contributed by atoms with Gasteiger partial charge >= 0.3 is 0 Å². The number of ether oxygens (including phenoxy) is 1. The van der Waals surface area contributed by atoms with E-state index >= 15 is 0 Å². The summed E-state index contributed by atoms with van der Waals surface area (Å²) >= 11 is 5.73. The van der Waals surface area contributed by atoms with Gasteiger partial charge in [-0.15, -0.1) is 0 Å². The highest BCUT2D eigenvalue weighted by Crippen LogP contribution is 2.36. The van der Waals surface area contributed by atoms with Crippen LogP contribution in [0.5, 0.6) is 5.75 Å². The minimum Gasteiger partial charge on any atom is -0.493 e. The topological polar surface area (TPSA) is 35.2 Å². The molecule has 2 aromatic rings. The number of para-hydroxylation sites is 1. The Morgan fingerprint density at radius 2 is 2.05 bits per heavy atom. The van der Waals surface area contributed by atoms with Crippen molar-refractivity contribution in [2.24, 2.45) is 11.1 Å². The molecule has 21 heavy (non-hydrogen) atoms. The maximum atomic E-state index is 13.6. The van der Waals surface area contributed by atoms with Gasteiger partial charge in [-0.05, 0) is 42.2 Å². The van der Waals surface area contributed by atoms with Crippen LogP contribution in [0.3, 0.4) is 0 Å². The minimum absolute atomic E-state index is 0.144. The lowest BCUT2D eigenvalue weighted by molar-refractivity contribution is 0.126. The number of rotatable bonds is 3. The first-order valence-corrected chi connectivity index (χ1v) is 7.34. The second-order valence-electron chi connectivity index (χ2n) is 5.70. The molecule has 1 aliphatic heterocycles. The van der Waals surface area contributed by atoms with Crippen molar-refractivity contribution < 1.29 is 9.13 Å². The van der Waals surface area contributed by atoms with E-state index in [2.05, 4.69) is 6.07 Å². The van der Waals surface area contributed by atoms with Gasteiger partial charge in [-0.2, -0.15) is 0 Å². The highest BCUT2D eigenvalue weighted by Gasteiger charge is 2.35. The molecule has 0 spiro atoms. The van der Waals surface area contributed by atoms with Crippen LogP contribution >= 0.6 is 11.6 Å². The van der Waals surface area contributed by atoms with Crippen LogP contribution < -0.4 is 10.5 Å². The van der Waals surface area contributed by atoms with E-state index in [9.17, 15) is 4.39 Å². The Morgan fingerprint density at radius 3 is 2.81 bits per heavy atom. The summed E-state index contributed by atoms with van der Waals surface area (Å²) in [7, 11) is 0. The van der Waals surface area contributed by atoms with E-state index in [-0.39, 0.29) is 10.4 Å². The van der Waals surface area contributed by atoms with Crippen LogP contribution in [0, 0.1) is 11.2 Å². The van der Waals surface area contributed by atoms with E-state index in [0.29, 0.717) is 19.6 Å². The molecule has 0 fully saturated rings. The van der Waals surface area contributed by atoms with Gasteiger partial charge in [0.1, 0.15) is 11.6 Å². The number of fused-ring (bicyclic) bond motifs is 1. The van der Waals surface area contributed by atoms with Gasteiger partial charge in [-0.1, -0.05) is 35.9 Å². The molecule has 0 aliphatic carbocycles. The third-order valence-electron chi connectivity index (χ3n) is 4.07. The van der Waals surface area contributed by atoms with Crippen molar-refractivity contribution in [1.82, 2.24) is 0 Å². The zero-order valence-electron chi connectivity index (χ0n) is 11.6. The molecule has 3 rings (SSSR count). The van der Waals surface area contributed by atoms with E-state index < -0.39 is 5.82 Å². The number of hydrogen-bond acceptors (Lipinski definition) is 2. The zero-order valence-corrected chi connectivity index (χ0v) is 12.4. The lowest BCUT2D eigenvalue weighted by atomic mass is 9.75. The SMILES string of the molecule is NCC1(Cc2ccc(Cl)c(F)c2)COc2ccccc2C1. The van der Waals surface area contributed by atoms with Gasteiger partial charge in [-0.25, -0.2) is 4.39 Å². The van der Waals surface area contributed by atoms with Gasteiger partial charge in [0.2, 0.25) is 0 Å². The molecule has 0 bridgehead atoms. The third-order valence-corrected chi connectivity index (χ3v) is 4.37. The Kier molecular flexibility index (Phi) is 3.87. The van der Waals surface area contributed by atoms with E-state index in [1.165, 1.54) is 6.07 Å². The Bertz CT molecular complexity index is 661. The molecule has 1 atom stereocenters. The van der Waals surface area contributed by atoms with Gasteiger partial charge in [0.15, 0.2) is 0 Å². The van der Waals surface area contributed by atoms with Crippen molar-refractivity contribution in [3.05, 3.63) is 64.4 Å². The molecule has 1 unspecified atom stereocenters. The highest BCUT2D eigenvalue weighted by atomic mass is 35.5. The van der Waals surface area contributed by atoms with E-state index in [1.807, 2.05) is 24.3 Å². The normalized spacial score (nSPS) is 20.7. The standard InChI is InChI=1S/C17H17ClFNO/c18-14-6-5-12(7-15(14)19)8-17(10-20)9-13-3-1-2-4-16(13)21-11-17/h1-7H,8-11,20H2. The summed E-state index contributed by atoms with van der Waals surface area (Å²) in [6.07, 6.45) is 1.51. The minimum atomic E-state index is -0.390. The smallest absolute Gasteiger partial charge is 0.142 e. The molecular weight excluding hydrogens is 289 g/mol. The van der Waals surface area contributed by atoms with E-state index in [4.69, 9.17) is 22.1 Å². The molecule has 2 aromatic carbocycles. The van der Waals surface area contributed by atoms with Crippen LogP contribution in [-0.4, -0.2) is 13.2 Å². The van der Waals surface area contributed by atoms with Gasteiger partial charge < -0.3 is 10.5 Å². The molecule has 0 saturated carbocycles. The molecule has 0 amide bonds. The average Bonchev–Trinajstić information content (AvgIpc) is 2.51. The second-order valence-corrected chi connectivity index (χ2v) is 6.11. The van der Waals surface area contributed by atoms with Gasteiger partial charge in [-0.3, -0.25) is 0 Å². The molecule has 0 saturated heterocycles. The Labute approximate surface area is 128 Å². The number of hydrogen-bond donors (Lipinski definition) is 1. The van der Waals surface area contributed by atoms with E-state index in [1.54, 1.807) is 6.07 Å². The van der Waals surface area contributed by atoms with Gasteiger partial charge in [0.25, 0.3) is 0 Å². The fraction of sp³-hybridized carbons (Fsp3) is 0.294. The summed E-state index contributed by atoms with van der Waals surface area (Å²) in [5.41, 5.74) is 7.86. The van der Waals surface area contributed by atoms with Gasteiger partial charge in [0.05, 0.1) is 11.6 Å². The largest absolute Gasteiger partial charge is 0.493 e. The Morgan fingerprint density at radius 1 is 1.24 bits per heavy atom. The maximum Gasteiger partial charge on any atom is 0.142 e. The average molecular weight is 306 g/mol. The lowest BCUT2D eigenvalue weighted by Gasteiger charge is -2.37. The molecular formula is C17H17ClFNO. The number of benzene rings is 2. The monoisotopic (exact) mass is 305 g/mol. The quantitative estimate of drug-likeness (QED) is 0.940. The molecule has 0 aromatic heterocycles. The van der Waals surface area contributed by atoms with Crippen molar-refractivity contribution in [2.75, 3.05) is 13.2 Å². The molecule has 2 N–H and O–H groups in total. The fourth-order valence-corrected chi connectivity index (χ4v) is 2.99. The molecule has 1 heterocycles. The Hall–Kier alpha value is -1.58. The highest BCUT2D eigenvalue weighted by molar-refractivity contribution is 6.30. The van der Waals surface area contributed by atoms with Crippen LogP contribution in [0.2, 0.25) is 5.02 Å². The molecule has 4 heteroatoms. The fourth-order valence-electron chi connectivity index (χ4n) is 2.88. The summed E-state index contributed by atoms with van der Waals surface area (Å²) in [6, 6.07) is 12.9. The predicted octanol–water partition coefficient (Wildman–Crippen LogP) is 3.60. The zero-order chi connectivity index (χ0) is 14.9. The van der Waals surface area contributed by atoms with Crippen LogP contribution in [0.4, 0.5) is 4.39 Å².